The minimum absolute atomic E-state index is 0.152. The van der Waals surface area contributed by atoms with E-state index in [4.69, 9.17) is 5.26 Å². The highest BCUT2D eigenvalue weighted by molar-refractivity contribution is 6.22. The molecule has 19 heteroatoms. The molecule has 3 atom stereocenters. The summed E-state index contributed by atoms with van der Waals surface area (Å²) in [5, 5.41) is 8.88. The molecule has 0 aromatic heterocycles. The van der Waals surface area contributed by atoms with E-state index in [1.165, 1.54) is 6.07 Å². The second-order valence-electron chi connectivity index (χ2n) is 8.78. The minimum atomic E-state index is -7.34. The molecule has 0 radical (unpaired) electrons. The van der Waals surface area contributed by atoms with Crippen LogP contribution < -0.4 is 4.90 Å². The van der Waals surface area contributed by atoms with E-state index in [0.717, 1.165) is 6.07 Å². The first kappa shape index (κ1) is 28.3. The van der Waals surface area contributed by atoms with E-state index in [-0.39, 0.29) is 15.9 Å². The number of hydrogen-bond donors (Lipinski definition) is 0. The molecule has 1 aromatic rings. The Kier molecular flexibility index (Phi) is 5.91. The molecule has 3 aliphatic heterocycles. The van der Waals surface area contributed by atoms with Crippen molar-refractivity contribution < 1.29 is 67.1 Å². The number of carbonyl (C=O) groups excluding carboxylic acids is 3. The van der Waals surface area contributed by atoms with Gasteiger partial charge >= 0.3 is 36.2 Å². The van der Waals surface area contributed by atoms with Gasteiger partial charge in [-0.25, -0.2) is 9.69 Å². The lowest BCUT2D eigenvalue weighted by atomic mass is 10.0. The summed E-state index contributed by atoms with van der Waals surface area (Å²) in [5.41, 5.74) is -3.17. The summed E-state index contributed by atoms with van der Waals surface area (Å²) in [4.78, 5) is 38.7. The number of urea groups is 1. The molecule has 0 N–H and O–H groups in total. The third kappa shape index (κ3) is 3.70. The van der Waals surface area contributed by atoms with Gasteiger partial charge in [-0.15, -0.1) is 0 Å². The van der Waals surface area contributed by atoms with Crippen molar-refractivity contribution in [3.63, 3.8) is 0 Å². The molecule has 0 spiro atoms. The predicted octanol–water partition coefficient (Wildman–Crippen LogP) is 4.17. The zero-order valence-corrected chi connectivity index (χ0v) is 18.4. The number of carbonyl (C=O) groups is 3. The van der Waals surface area contributed by atoms with Crippen LogP contribution in [0.15, 0.2) is 18.2 Å². The smallest absolute Gasteiger partial charge is 0.330 e. The largest absolute Gasteiger partial charge is 0.460 e. The number of nitriles is 1. The Morgan fingerprint density at radius 3 is 2.03 bits per heavy atom. The summed E-state index contributed by atoms with van der Waals surface area (Å²) in [6.07, 6.45) is -12.8. The summed E-state index contributed by atoms with van der Waals surface area (Å²) in [7, 11) is 0. The molecule has 4 amide bonds. The monoisotopic (exact) mass is 582 g/mol. The van der Waals surface area contributed by atoms with Gasteiger partial charge < -0.3 is 9.80 Å². The van der Waals surface area contributed by atoms with Gasteiger partial charge in [0.1, 0.15) is 6.04 Å². The molecule has 39 heavy (non-hydrogen) atoms. The highest BCUT2D eigenvalue weighted by Crippen LogP contribution is 2.54. The van der Waals surface area contributed by atoms with Crippen molar-refractivity contribution in [2.75, 3.05) is 11.4 Å². The molecule has 7 nitrogen and oxygen atoms in total. The number of anilines is 1. The normalized spacial score (nSPS) is 24.0. The number of nitrogens with zero attached hydrogens (tertiary/aromatic N) is 4. The molecule has 3 aliphatic rings. The van der Waals surface area contributed by atoms with Crippen LogP contribution in [0.25, 0.3) is 0 Å². The molecule has 3 heterocycles. The minimum Gasteiger partial charge on any atom is -0.330 e. The summed E-state index contributed by atoms with van der Waals surface area (Å²) in [5.74, 6) is -25.8. The second kappa shape index (κ2) is 8.14. The Bertz CT molecular complexity index is 1300. The van der Waals surface area contributed by atoms with Crippen molar-refractivity contribution in [3.05, 3.63) is 29.3 Å². The van der Waals surface area contributed by atoms with Crippen LogP contribution in [0, 0.1) is 11.3 Å². The van der Waals surface area contributed by atoms with Crippen molar-refractivity contribution in [2.45, 2.75) is 54.7 Å². The Morgan fingerprint density at radius 2 is 1.51 bits per heavy atom. The van der Waals surface area contributed by atoms with Gasteiger partial charge in [0, 0.05) is 6.54 Å². The van der Waals surface area contributed by atoms with Crippen molar-refractivity contribution in [1.82, 2.24) is 9.80 Å². The maximum absolute atomic E-state index is 14.3. The molecule has 3 saturated heterocycles. The predicted molar refractivity (Wildman–Crippen MR) is 99.5 cm³/mol. The van der Waals surface area contributed by atoms with Gasteiger partial charge in [-0.05, 0) is 24.6 Å². The van der Waals surface area contributed by atoms with Crippen LogP contribution in [0.1, 0.15) is 17.5 Å². The summed E-state index contributed by atoms with van der Waals surface area (Å²) < 4.78 is 160. The number of rotatable bonds is 4. The summed E-state index contributed by atoms with van der Waals surface area (Å²) in [6, 6.07) is -3.64. The quantitative estimate of drug-likeness (QED) is 0.395. The third-order valence-corrected chi connectivity index (χ3v) is 6.63. The number of likely N-dealkylation sites (tertiary alicyclic amines) is 1. The van der Waals surface area contributed by atoms with Crippen LogP contribution in [0.5, 0.6) is 0 Å². The molecule has 2 unspecified atom stereocenters. The lowest BCUT2D eigenvalue weighted by Gasteiger charge is -2.39. The molecule has 2 bridgehead atoms. The van der Waals surface area contributed by atoms with Gasteiger partial charge in [0.05, 0.1) is 35.0 Å². The molecule has 0 saturated carbocycles. The molecule has 3 fully saturated rings. The van der Waals surface area contributed by atoms with Crippen LogP contribution in [-0.4, -0.2) is 76.3 Å². The highest BCUT2D eigenvalue weighted by Gasteiger charge is 2.84. The van der Waals surface area contributed by atoms with Crippen LogP contribution >= 0.6 is 0 Å². The maximum atomic E-state index is 14.3. The van der Waals surface area contributed by atoms with Crippen LogP contribution in [0.3, 0.4) is 0 Å². The molecule has 4 rings (SSSR count). The van der Waals surface area contributed by atoms with Gasteiger partial charge in [0.15, 0.2) is 0 Å². The number of amides is 4. The Labute approximate surface area is 208 Å². The zero-order valence-electron chi connectivity index (χ0n) is 18.4. The second-order valence-corrected chi connectivity index (χ2v) is 8.78. The van der Waals surface area contributed by atoms with E-state index in [9.17, 15) is 67.1 Å². The first-order valence-electron chi connectivity index (χ1n) is 10.4. The molecular formula is C20H10F12N4O3. The van der Waals surface area contributed by atoms with Gasteiger partial charge in [-0.2, -0.15) is 57.9 Å². The number of alkyl halides is 12. The number of imide groups is 1. The standard InChI is InChI=1S/C20H10F12N4O3/c21-16(22,18(26,27)19(28,29)20(30,31)32)14(38)34-6-9-4-11(34)12-13(37)36(15(39)35(9)12)8-2-1-7(5-33)10(3-8)17(23,24)25/h1-3,9,11-12H,4,6H2/t9-,11?,12?/m1/s1. The van der Waals surface area contributed by atoms with E-state index in [2.05, 4.69) is 0 Å². The van der Waals surface area contributed by atoms with Crippen molar-refractivity contribution in [3.8, 4) is 6.07 Å². The maximum Gasteiger partial charge on any atom is 0.460 e. The number of benzene rings is 1. The number of piperazine rings is 1. The third-order valence-electron chi connectivity index (χ3n) is 6.63. The molecule has 0 aliphatic carbocycles. The fourth-order valence-electron chi connectivity index (χ4n) is 4.82. The van der Waals surface area contributed by atoms with E-state index in [1.54, 1.807) is 0 Å². The average Bonchev–Trinajstić information content (AvgIpc) is 3.47. The highest BCUT2D eigenvalue weighted by atomic mass is 19.4. The number of fused-ring (bicyclic) bond motifs is 5. The number of hydrogen-bond acceptors (Lipinski definition) is 4. The Hall–Kier alpha value is -3.72. The lowest BCUT2D eigenvalue weighted by molar-refractivity contribution is -0.389. The fraction of sp³-hybridized carbons (Fsp3) is 0.500. The van der Waals surface area contributed by atoms with Gasteiger partial charge in [-0.1, -0.05) is 0 Å². The first-order valence-corrected chi connectivity index (χ1v) is 10.4. The van der Waals surface area contributed by atoms with E-state index < -0.39 is 95.9 Å². The molecular weight excluding hydrogens is 572 g/mol. The van der Waals surface area contributed by atoms with E-state index in [0.29, 0.717) is 11.0 Å². The van der Waals surface area contributed by atoms with Gasteiger partial charge in [-0.3, -0.25) is 9.59 Å². The van der Waals surface area contributed by atoms with Crippen molar-refractivity contribution >= 4 is 23.5 Å². The molecule has 212 valence electrons. The van der Waals surface area contributed by atoms with Crippen molar-refractivity contribution in [2.24, 2.45) is 0 Å². The lowest BCUT2D eigenvalue weighted by Crippen LogP contribution is -2.67. The molecule has 1 aromatic carbocycles. The van der Waals surface area contributed by atoms with Crippen LogP contribution in [0.2, 0.25) is 0 Å². The van der Waals surface area contributed by atoms with E-state index >= 15 is 0 Å². The zero-order chi connectivity index (χ0) is 29.7. The average molecular weight is 582 g/mol. The van der Waals surface area contributed by atoms with Crippen LogP contribution in [0.4, 0.5) is 63.2 Å². The SMILES string of the molecule is N#Cc1ccc(N2C(=O)C3C4C[C@H](CN4C(=O)C(F)(F)C(F)(F)C(F)(F)C(F)(F)F)N3C2=O)cc1C(F)(F)F. The fourth-order valence-corrected chi connectivity index (χ4v) is 4.82. The van der Waals surface area contributed by atoms with Crippen LogP contribution in [-0.2, 0) is 15.8 Å². The Balaban J connectivity index is 1.66. The Morgan fingerprint density at radius 1 is 0.923 bits per heavy atom. The van der Waals surface area contributed by atoms with Crippen molar-refractivity contribution in [1.29, 1.82) is 5.26 Å². The summed E-state index contributed by atoms with van der Waals surface area (Å²) in [6.45, 7) is -1.07. The van der Waals surface area contributed by atoms with E-state index in [1.807, 2.05) is 0 Å². The van der Waals surface area contributed by atoms with Gasteiger partial charge in [0.2, 0.25) is 0 Å². The topological polar surface area (TPSA) is 84.7 Å². The first-order chi connectivity index (χ1) is 17.6. The number of halogens is 12. The summed E-state index contributed by atoms with van der Waals surface area (Å²) >= 11 is 0. The van der Waals surface area contributed by atoms with Gasteiger partial charge in [0.25, 0.3) is 11.8 Å².